The maximum atomic E-state index is 12.0. The number of phenolic OH excluding ortho intramolecular Hbond substituents is 1. The van der Waals surface area contributed by atoms with Crippen molar-refractivity contribution in [2.75, 3.05) is 0 Å². The largest absolute Gasteiger partial charge is 0.507 e. The van der Waals surface area contributed by atoms with Gasteiger partial charge in [0.2, 0.25) is 0 Å². The van der Waals surface area contributed by atoms with Crippen LogP contribution in [-0.4, -0.2) is 20.1 Å². The molecular weight excluding hydrogens is 667 g/mol. The molecule has 0 saturated heterocycles. The molecule has 1 N–H and O–H groups in total. The van der Waals surface area contributed by atoms with Gasteiger partial charge < -0.3 is 5.11 Å². The number of rotatable bonds is 5. The van der Waals surface area contributed by atoms with E-state index in [-0.39, 0.29) is 22.0 Å². The SMILES string of the molecule is Cc1nc(-c2cc(-c3cc(C(C)(C)C)cc(-c4cc(C(C)(C)C)cc(C(C)(C)C)c4O)n3)c3nc(-c4ccccc4)sc3c2)ccc1-c1ccccc1. The smallest absolute Gasteiger partial charge is 0.128 e. The zero-order chi connectivity index (χ0) is 37.9. The van der Waals surface area contributed by atoms with Gasteiger partial charge in [0.05, 0.1) is 27.3 Å². The zero-order valence-corrected chi connectivity index (χ0v) is 33.4. The van der Waals surface area contributed by atoms with E-state index in [9.17, 15) is 5.11 Å². The number of pyridine rings is 2. The predicted molar refractivity (Wildman–Crippen MR) is 225 cm³/mol. The molecule has 0 radical (unpaired) electrons. The first-order valence-corrected chi connectivity index (χ1v) is 19.2. The molecule has 0 saturated carbocycles. The Bertz CT molecular complexity index is 2460. The van der Waals surface area contributed by atoms with Crippen LogP contribution in [0.25, 0.3) is 65.7 Å². The molecule has 3 heterocycles. The van der Waals surface area contributed by atoms with Crippen molar-refractivity contribution in [1.29, 1.82) is 0 Å². The summed E-state index contributed by atoms with van der Waals surface area (Å²) in [6, 6.07) is 38.1. The van der Waals surface area contributed by atoms with Crippen molar-refractivity contribution in [3.63, 3.8) is 0 Å². The van der Waals surface area contributed by atoms with Crippen molar-refractivity contribution < 1.29 is 5.11 Å². The molecule has 0 aliphatic rings. The normalized spacial score (nSPS) is 12.4. The van der Waals surface area contributed by atoms with Crippen molar-refractivity contribution in [3.8, 4) is 61.2 Å². The summed E-state index contributed by atoms with van der Waals surface area (Å²) < 4.78 is 1.07. The number of phenols is 1. The van der Waals surface area contributed by atoms with Crippen LogP contribution >= 0.6 is 11.3 Å². The minimum Gasteiger partial charge on any atom is -0.507 e. The minimum atomic E-state index is -0.263. The summed E-state index contributed by atoms with van der Waals surface area (Å²) in [4.78, 5) is 15.9. The first-order valence-electron chi connectivity index (χ1n) is 18.4. The topological polar surface area (TPSA) is 58.9 Å². The van der Waals surface area contributed by atoms with Crippen LogP contribution in [0.1, 0.15) is 84.7 Å². The molecule has 7 rings (SSSR count). The highest BCUT2D eigenvalue weighted by Gasteiger charge is 2.28. The Balaban J connectivity index is 1.50. The Morgan fingerprint density at radius 2 is 1.08 bits per heavy atom. The highest BCUT2D eigenvalue weighted by atomic mass is 32.1. The molecule has 53 heavy (non-hydrogen) atoms. The molecule has 5 heteroatoms. The molecule has 0 aliphatic heterocycles. The molecule has 4 nitrogen and oxygen atoms in total. The number of hydrogen-bond acceptors (Lipinski definition) is 5. The van der Waals surface area contributed by atoms with Crippen molar-refractivity contribution in [2.45, 2.75) is 85.5 Å². The quantitative estimate of drug-likeness (QED) is 0.193. The highest BCUT2D eigenvalue weighted by molar-refractivity contribution is 7.21. The van der Waals surface area contributed by atoms with E-state index >= 15 is 0 Å². The lowest BCUT2D eigenvalue weighted by Gasteiger charge is -2.28. The van der Waals surface area contributed by atoms with Crippen LogP contribution < -0.4 is 0 Å². The second-order valence-electron chi connectivity index (χ2n) is 17.2. The lowest BCUT2D eigenvalue weighted by molar-refractivity contribution is 0.446. The summed E-state index contributed by atoms with van der Waals surface area (Å²) in [5, 5.41) is 12.9. The molecule has 0 aliphatic carbocycles. The fraction of sp³-hybridized carbons (Fsp3) is 0.271. The number of aromatic nitrogens is 3. The number of thiazole rings is 1. The summed E-state index contributed by atoms with van der Waals surface area (Å²) in [5.41, 5.74) is 13.1. The molecule has 4 aromatic carbocycles. The molecule has 0 unspecified atom stereocenters. The van der Waals surface area contributed by atoms with Gasteiger partial charge >= 0.3 is 0 Å². The van der Waals surface area contributed by atoms with E-state index in [1.807, 2.05) is 12.1 Å². The van der Waals surface area contributed by atoms with E-state index < -0.39 is 0 Å². The Morgan fingerprint density at radius 3 is 1.66 bits per heavy atom. The van der Waals surface area contributed by atoms with Gasteiger partial charge in [-0.2, -0.15) is 0 Å². The Morgan fingerprint density at radius 1 is 0.491 bits per heavy atom. The van der Waals surface area contributed by atoms with Crippen LogP contribution in [0.5, 0.6) is 5.75 Å². The van der Waals surface area contributed by atoms with Crippen molar-refractivity contribution in [2.24, 2.45) is 0 Å². The van der Waals surface area contributed by atoms with E-state index in [1.165, 1.54) is 0 Å². The van der Waals surface area contributed by atoms with Gasteiger partial charge in [-0.3, -0.25) is 4.98 Å². The number of hydrogen-bond donors (Lipinski definition) is 1. The van der Waals surface area contributed by atoms with Crippen LogP contribution in [0.2, 0.25) is 0 Å². The lowest BCUT2D eigenvalue weighted by atomic mass is 9.78. The van der Waals surface area contributed by atoms with Gasteiger partial charge in [0.15, 0.2) is 0 Å². The van der Waals surface area contributed by atoms with Crippen molar-refractivity contribution in [1.82, 2.24) is 15.0 Å². The van der Waals surface area contributed by atoms with E-state index in [2.05, 4.69) is 166 Å². The summed E-state index contributed by atoms with van der Waals surface area (Å²) in [7, 11) is 0. The Hall–Kier alpha value is -5.13. The number of benzene rings is 4. The molecule has 0 atom stereocenters. The molecule has 0 amide bonds. The number of aryl methyl sites for hydroxylation is 1. The predicted octanol–water partition coefficient (Wildman–Crippen LogP) is 13.3. The molecule has 3 aromatic heterocycles. The van der Waals surface area contributed by atoms with Gasteiger partial charge in [-0.1, -0.05) is 135 Å². The fourth-order valence-corrected chi connectivity index (χ4v) is 7.83. The number of nitrogens with zero attached hydrogens (tertiary/aromatic N) is 3. The molecule has 0 spiro atoms. The van der Waals surface area contributed by atoms with E-state index in [4.69, 9.17) is 15.0 Å². The third kappa shape index (κ3) is 7.28. The van der Waals surface area contributed by atoms with Gasteiger partial charge in [-0.15, -0.1) is 11.3 Å². The molecule has 0 bridgehead atoms. The maximum Gasteiger partial charge on any atom is 0.128 e. The van der Waals surface area contributed by atoms with Crippen LogP contribution in [-0.2, 0) is 16.2 Å². The average molecular weight is 716 g/mol. The number of aromatic hydroxyl groups is 1. The van der Waals surface area contributed by atoms with Crippen LogP contribution in [0, 0.1) is 6.92 Å². The van der Waals surface area contributed by atoms with Gasteiger partial charge in [0.25, 0.3) is 0 Å². The molecule has 0 fully saturated rings. The van der Waals surface area contributed by atoms with Crippen LogP contribution in [0.4, 0.5) is 0 Å². The second-order valence-corrected chi connectivity index (χ2v) is 18.3. The molecule has 7 aromatic rings. The third-order valence-corrected chi connectivity index (χ3v) is 11.1. The van der Waals surface area contributed by atoms with Gasteiger partial charge in [-0.05, 0) is 76.3 Å². The second kappa shape index (κ2) is 13.4. The summed E-state index contributed by atoms with van der Waals surface area (Å²) >= 11 is 1.69. The molecular formula is C48H49N3OS. The Labute approximate surface area is 318 Å². The van der Waals surface area contributed by atoms with E-state index in [0.717, 1.165) is 88.1 Å². The first kappa shape index (κ1) is 36.2. The monoisotopic (exact) mass is 715 g/mol. The average Bonchev–Trinajstić information content (AvgIpc) is 3.55. The van der Waals surface area contributed by atoms with Gasteiger partial charge in [-0.25, -0.2) is 9.97 Å². The maximum absolute atomic E-state index is 12.0. The Kier molecular flexibility index (Phi) is 9.14. The fourth-order valence-electron chi connectivity index (χ4n) is 6.80. The number of fused-ring (bicyclic) bond motifs is 1. The first-order chi connectivity index (χ1) is 25.0. The summed E-state index contributed by atoms with van der Waals surface area (Å²) in [6.45, 7) is 21.9. The van der Waals surface area contributed by atoms with Crippen LogP contribution in [0.15, 0.2) is 109 Å². The standard InChI is InChI=1S/C48H49N3OS/c1-29-35(30-17-13-11-14-18-30)21-22-39(49-29)32-23-36(43-42(24-32)53-45(51-43)31-19-15-12-16-20-31)40-27-34(47(5,6)7)28-41(50-40)37-25-33(46(2,3)4)26-38(44(37)52)48(8,9)10/h11-28,52H,1-10H3. The summed E-state index contributed by atoms with van der Waals surface area (Å²) in [6.07, 6.45) is 0. The highest BCUT2D eigenvalue weighted by Crippen LogP contribution is 2.45. The summed E-state index contributed by atoms with van der Waals surface area (Å²) in [5.74, 6) is 0.284. The van der Waals surface area contributed by atoms with Crippen molar-refractivity contribution >= 4 is 21.6 Å². The van der Waals surface area contributed by atoms with Crippen molar-refractivity contribution in [3.05, 3.63) is 132 Å². The van der Waals surface area contributed by atoms with E-state index in [1.54, 1.807) is 11.3 Å². The van der Waals surface area contributed by atoms with Crippen LogP contribution in [0.3, 0.4) is 0 Å². The minimum absolute atomic E-state index is 0.122. The van der Waals surface area contributed by atoms with Gasteiger partial charge in [0, 0.05) is 39.1 Å². The zero-order valence-electron chi connectivity index (χ0n) is 32.6. The molecule has 268 valence electrons. The lowest BCUT2D eigenvalue weighted by Crippen LogP contribution is -2.17. The third-order valence-electron chi connectivity index (χ3n) is 10.0. The van der Waals surface area contributed by atoms with Gasteiger partial charge in [0.1, 0.15) is 10.8 Å². The van der Waals surface area contributed by atoms with E-state index in [0.29, 0.717) is 0 Å².